The topological polar surface area (TPSA) is 61.7 Å². The van der Waals surface area contributed by atoms with E-state index < -0.39 is 17.6 Å². The molecule has 128 valence electrons. The number of aromatic hydroxyl groups is 1. The van der Waals surface area contributed by atoms with Gasteiger partial charge in [0, 0.05) is 0 Å². The van der Waals surface area contributed by atoms with E-state index in [2.05, 4.69) is 10.3 Å². The predicted molar refractivity (Wildman–Crippen MR) is 90.4 cm³/mol. The number of thioether (sulfide) groups is 1. The van der Waals surface area contributed by atoms with Gasteiger partial charge in [-0.25, -0.2) is 4.99 Å². The molecule has 0 unspecified atom stereocenters. The normalized spacial score (nSPS) is 18.0. The van der Waals surface area contributed by atoms with E-state index in [9.17, 15) is 23.1 Å². The Morgan fingerprint density at radius 2 is 1.76 bits per heavy atom. The van der Waals surface area contributed by atoms with Crippen LogP contribution in [-0.4, -0.2) is 16.2 Å². The fourth-order valence-corrected chi connectivity index (χ4v) is 2.96. The van der Waals surface area contributed by atoms with Gasteiger partial charge in [0.1, 0.15) is 5.75 Å². The number of halogens is 3. The fourth-order valence-electron chi connectivity index (χ4n) is 2.12. The zero-order valence-electron chi connectivity index (χ0n) is 12.5. The van der Waals surface area contributed by atoms with E-state index in [0.717, 1.165) is 17.8 Å². The van der Waals surface area contributed by atoms with E-state index in [0.29, 0.717) is 10.5 Å². The molecule has 25 heavy (non-hydrogen) atoms. The fraction of sp³-hybridized carbons (Fsp3) is 0.0588. The van der Waals surface area contributed by atoms with Crippen molar-refractivity contribution >= 4 is 34.6 Å². The maximum Gasteiger partial charge on any atom is 0.418 e. The van der Waals surface area contributed by atoms with Crippen molar-refractivity contribution in [1.29, 1.82) is 0 Å². The van der Waals surface area contributed by atoms with Crippen LogP contribution in [-0.2, 0) is 11.0 Å². The molecule has 1 aliphatic heterocycles. The lowest BCUT2D eigenvalue weighted by molar-refractivity contribution is -0.137. The lowest BCUT2D eigenvalue weighted by Gasteiger charge is -2.09. The highest BCUT2D eigenvalue weighted by atomic mass is 32.2. The van der Waals surface area contributed by atoms with Crippen molar-refractivity contribution in [3.63, 3.8) is 0 Å². The summed E-state index contributed by atoms with van der Waals surface area (Å²) in [7, 11) is 0. The second kappa shape index (κ2) is 6.64. The van der Waals surface area contributed by atoms with Crippen molar-refractivity contribution in [2.45, 2.75) is 6.18 Å². The van der Waals surface area contributed by atoms with Crippen LogP contribution in [0.2, 0.25) is 0 Å². The molecule has 2 aromatic rings. The molecule has 4 nitrogen and oxygen atoms in total. The van der Waals surface area contributed by atoms with Crippen LogP contribution in [0.5, 0.6) is 5.75 Å². The van der Waals surface area contributed by atoms with Crippen LogP contribution < -0.4 is 5.32 Å². The van der Waals surface area contributed by atoms with Crippen molar-refractivity contribution in [2.75, 3.05) is 0 Å². The highest BCUT2D eigenvalue weighted by molar-refractivity contribution is 8.18. The Kier molecular flexibility index (Phi) is 4.54. The Bertz CT molecular complexity index is 874. The zero-order chi connectivity index (χ0) is 18.0. The van der Waals surface area contributed by atoms with Gasteiger partial charge in [0.25, 0.3) is 5.91 Å². The number of aliphatic imine (C=N–C) groups is 1. The highest BCUT2D eigenvalue weighted by Crippen LogP contribution is 2.37. The van der Waals surface area contributed by atoms with Crippen molar-refractivity contribution in [1.82, 2.24) is 5.32 Å². The summed E-state index contributed by atoms with van der Waals surface area (Å²) in [6.07, 6.45) is -2.96. The van der Waals surface area contributed by atoms with E-state index in [1.165, 1.54) is 30.3 Å². The lowest BCUT2D eigenvalue weighted by atomic mass is 10.2. The molecule has 1 amide bonds. The predicted octanol–water partition coefficient (Wildman–Crippen LogP) is 4.30. The molecule has 0 saturated carbocycles. The number of carbonyl (C=O) groups excluding carboxylic acids is 1. The maximum absolute atomic E-state index is 13.0. The molecule has 0 aliphatic carbocycles. The Morgan fingerprint density at radius 1 is 1.08 bits per heavy atom. The van der Waals surface area contributed by atoms with Crippen LogP contribution in [0.3, 0.4) is 0 Å². The molecule has 0 spiro atoms. The Balaban J connectivity index is 1.88. The molecule has 0 aromatic heterocycles. The van der Waals surface area contributed by atoms with Gasteiger partial charge in [-0.05, 0) is 47.7 Å². The summed E-state index contributed by atoms with van der Waals surface area (Å²) in [6, 6.07) is 11.1. The number of phenolic OH excluding ortho intramolecular Hbond substituents is 1. The second-order valence-electron chi connectivity index (χ2n) is 5.09. The molecule has 0 atom stereocenters. The smallest absolute Gasteiger partial charge is 0.418 e. The summed E-state index contributed by atoms with van der Waals surface area (Å²) in [5, 5.41) is 11.8. The summed E-state index contributed by atoms with van der Waals surface area (Å²) in [4.78, 5) is 16.2. The van der Waals surface area contributed by atoms with Crippen molar-refractivity contribution in [3.8, 4) is 5.75 Å². The third-order valence-electron chi connectivity index (χ3n) is 3.27. The first kappa shape index (κ1) is 17.1. The molecule has 1 heterocycles. The third kappa shape index (κ3) is 4.03. The number of carbonyl (C=O) groups is 1. The summed E-state index contributed by atoms with van der Waals surface area (Å²) in [6.45, 7) is 0. The van der Waals surface area contributed by atoms with Crippen LogP contribution in [0.15, 0.2) is 58.4 Å². The van der Waals surface area contributed by atoms with Gasteiger partial charge in [0.05, 0.1) is 16.2 Å². The molecule has 0 radical (unpaired) electrons. The van der Waals surface area contributed by atoms with Crippen LogP contribution in [0.4, 0.5) is 18.9 Å². The first-order valence-electron chi connectivity index (χ1n) is 7.08. The number of hydrogen-bond donors (Lipinski definition) is 2. The minimum absolute atomic E-state index is 0.0757. The van der Waals surface area contributed by atoms with Crippen LogP contribution in [0.1, 0.15) is 11.1 Å². The molecule has 3 rings (SSSR count). The number of alkyl halides is 3. The first-order valence-corrected chi connectivity index (χ1v) is 7.89. The first-order chi connectivity index (χ1) is 11.8. The number of benzene rings is 2. The maximum atomic E-state index is 13.0. The molecule has 2 N–H and O–H groups in total. The van der Waals surface area contributed by atoms with Crippen molar-refractivity contribution in [2.24, 2.45) is 4.99 Å². The zero-order valence-corrected chi connectivity index (χ0v) is 13.4. The van der Waals surface area contributed by atoms with Gasteiger partial charge >= 0.3 is 6.18 Å². The molecule has 2 aromatic carbocycles. The minimum Gasteiger partial charge on any atom is -0.508 e. The largest absolute Gasteiger partial charge is 0.508 e. The molecule has 1 saturated heterocycles. The van der Waals surface area contributed by atoms with Gasteiger partial charge < -0.3 is 10.4 Å². The summed E-state index contributed by atoms with van der Waals surface area (Å²) >= 11 is 0.953. The van der Waals surface area contributed by atoms with Gasteiger partial charge in [-0.15, -0.1) is 0 Å². The number of nitrogens with one attached hydrogen (secondary N) is 1. The number of amides is 1. The monoisotopic (exact) mass is 364 g/mol. The van der Waals surface area contributed by atoms with Gasteiger partial charge in [0.2, 0.25) is 0 Å². The van der Waals surface area contributed by atoms with Crippen molar-refractivity contribution in [3.05, 3.63) is 64.6 Å². The van der Waals surface area contributed by atoms with E-state index in [-0.39, 0.29) is 16.6 Å². The lowest BCUT2D eigenvalue weighted by Crippen LogP contribution is -2.19. The van der Waals surface area contributed by atoms with Crippen LogP contribution in [0.25, 0.3) is 6.08 Å². The van der Waals surface area contributed by atoms with Crippen molar-refractivity contribution < 1.29 is 23.1 Å². The molecule has 0 bridgehead atoms. The second-order valence-corrected chi connectivity index (χ2v) is 6.12. The molecular weight excluding hydrogens is 353 g/mol. The average Bonchev–Trinajstić information content (AvgIpc) is 2.88. The highest BCUT2D eigenvalue weighted by Gasteiger charge is 2.34. The average molecular weight is 364 g/mol. The number of rotatable bonds is 2. The number of amidine groups is 1. The van der Waals surface area contributed by atoms with Gasteiger partial charge in [-0.3, -0.25) is 4.79 Å². The Morgan fingerprint density at radius 3 is 2.44 bits per heavy atom. The quantitative estimate of drug-likeness (QED) is 0.781. The van der Waals surface area contributed by atoms with Gasteiger partial charge in [-0.1, -0.05) is 24.3 Å². The number of para-hydroxylation sites is 1. The molecule has 8 heteroatoms. The minimum atomic E-state index is -4.53. The molecule has 1 aliphatic rings. The van der Waals surface area contributed by atoms with E-state index in [1.54, 1.807) is 18.2 Å². The van der Waals surface area contributed by atoms with E-state index in [1.807, 2.05) is 0 Å². The van der Waals surface area contributed by atoms with E-state index >= 15 is 0 Å². The van der Waals surface area contributed by atoms with E-state index in [4.69, 9.17) is 0 Å². The van der Waals surface area contributed by atoms with Crippen LogP contribution >= 0.6 is 11.8 Å². The number of hydrogen-bond acceptors (Lipinski definition) is 4. The van der Waals surface area contributed by atoms with Crippen LogP contribution in [0, 0.1) is 0 Å². The Hall–Kier alpha value is -2.74. The molecule has 1 fully saturated rings. The molecular formula is C17H11F3N2O2S. The standard InChI is InChI=1S/C17H11F3N2O2S/c18-17(19,20)12-3-1-2-4-13(12)21-16-22-15(24)14(25-16)9-10-5-7-11(23)8-6-10/h1-9,23H,(H,21,22,24)/b14-9-. The summed E-state index contributed by atoms with van der Waals surface area (Å²) < 4.78 is 39.0. The third-order valence-corrected chi connectivity index (χ3v) is 4.18. The number of nitrogens with zero attached hydrogens (tertiary/aromatic N) is 1. The summed E-state index contributed by atoms with van der Waals surface area (Å²) in [5.41, 5.74) is -0.454. The summed E-state index contributed by atoms with van der Waals surface area (Å²) in [5.74, 6) is -0.349. The van der Waals surface area contributed by atoms with Gasteiger partial charge in [0.15, 0.2) is 5.17 Å². The SMILES string of the molecule is O=C1NC(=Nc2ccccc2C(F)(F)F)S/C1=C\c1ccc(O)cc1. The number of phenols is 1. The van der Waals surface area contributed by atoms with Gasteiger partial charge in [-0.2, -0.15) is 13.2 Å². The Labute approximate surface area is 145 Å².